The topological polar surface area (TPSA) is 66.5 Å². The molecule has 0 bridgehead atoms. The van der Waals surface area contributed by atoms with Crippen LogP contribution >= 0.6 is 11.6 Å². The van der Waals surface area contributed by atoms with E-state index in [-0.39, 0.29) is 36.0 Å². The van der Waals surface area contributed by atoms with E-state index in [1.165, 1.54) is 0 Å². The average Bonchev–Trinajstić information content (AvgIpc) is 2.84. The highest BCUT2D eigenvalue weighted by Gasteiger charge is 2.32. The van der Waals surface area contributed by atoms with E-state index in [1.807, 2.05) is 31.2 Å². The van der Waals surface area contributed by atoms with Gasteiger partial charge in [0.2, 0.25) is 5.91 Å². The number of benzene rings is 1. The van der Waals surface area contributed by atoms with Crippen LogP contribution in [0.3, 0.4) is 0 Å². The van der Waals surface area contributed by atoms with E-state index >= 15 is 0 Å². The fraction of sp³-hybridized carbons (Fsp3) is 0.533. The predicted octanol–water partition coefficient (Wildman–Crippen LogP) is 1.64. The van der Waals surface area contributed by atoms with E-state index in [4.69, 9.17) is 11.6 Å². The van der Waals surface area contributed by atoms with Crippen LogP contribution in [-0.4, -0.2) is 50.4 Å². The average molecular weight is 345 g/mol. The fourth-order valence-corrected chi connectivity index (χ4v) is 4.42. The first-order valence-electron chi connectivity index (χ1n) is 7.23. The maximum atomic E-state index is 12.2. The number of hydrogen-bond acceptors (Lipinski definition) is 4. The molecule has 0 aliphatic carbocycles. The maximum absolute atomic E-state index is 12.2. The molecule has 1 aliphatic heterocycles. The second-order valence-electron chi connectivity index (χ2n) is 5.72. The van der Waals surface area contributed by atoms with Gasteiger partial charge in [0.25, 0.3) is 0 Å². The van der Waals surface area contributed by atoms with Crippen molar-refractivity contribution in [2.45, 2.75) is 25.4 Å². The van der Waals surface area contributed by atoms with Gasteiger partial charge in [0, 0.05) is 24.2 Å². The Kier molecular flexibility index (Phi) is 5.47. The largest absolute Gasteiger partial charge is 0.341 e. The second-order valence-corrected chi connectivity index (χ2v) is 8.38. The van der Waals surface area contributed by atoms with Gasteiger partial charge in [-0.1, -0.05) is 23.7 Å². The maximum Gasteiger partial charge on any atom is 0.236 e. The van der Waals surface area contributed by atoms with Crippen LogP contribution in [0.5, 0.6) is 0 Å². The lowest BCUT2D eigenvalue weighted by Crippen LogP contribution is -2.43. The van der Waals surface area contributed by atoms with Crippen molar-refractivity contribution in [1.29, 1.82) is 0 Å². The molecule has 122 valence electrons. The predicted molar refractivity (Wildman–Crippen MR) is 87.7 cm³/mol. The fourth-order valence-electron chi connectivity index (χ4n) is 2.52. The van der Waals surface area contributed by atoms with Gasteiger partial charge >= 0.3 is 0 Å². The van der Waals surface area contributed by atoms with E-state index in [0.717, 1.165) is 5.56 Å². The van der Waals surface area contributed by atoms with Gasteiger partial charge < -0.3 is 10.2 Å². The van der Waals surface area contributed by atoms with Crippen LogP contribution < -0.4 is 5.32 Å². The summed E-state index contributed by atoms with van der Waals surface area (Å²) in [6.07, 6.45) is 0.525. The molecule has 1 saturated heterocycles. The highest BCUT2D eigenvalue weighted by molar-refractivity contribution is 7.91. The van der Waals surface area contributed by atoms with Crippen molar-refractivity contribution in [3.8, 4) is 0 Å². The van der Waals surface area contributed by atoms with Gasteiger partial charge in [0.05, 0.1) is 18.1 Å². The Morgan fingerprint density at radius 2 is 2.05 bits per heavy atom. The summed E-state index contributed by atoms with van der Waals surface area (Å²) >= 11 is 5.85. The van der Waals surface area contributed by atoms with Gasteiger partial charge in [0.15, 0.2) is 9.84 Å². The molecule has 1 N–H and O–H groups in total. The summed E-state index contributed by atoms with van der Waals surface area (Å²) in [7, 11) is -1.31. The van der Waals surface area contributed by atoms with Gasteiger partial charge in [-0.25, -0.2) is 8.42 Å². The number of carbonyl (C=O) groups is 1. The number of likely N-dealkylation sites (N-methyl/N-ethyl adjacent to an activating group) is 1. The van der Waals surface area contributed by atoms with Crippen molar-refractivity contribution in [1.82, 2.24) is 10.2 Å². The zero-order valence-electron chi connectivity index (χ0n) is 12.8. The Morgan fingerprint density at radius 1 is 1.41 bits per heavy atom. The molecule has 1 aromatic rings. The van der Waals surface area contributed by atoms with Crippen LogP contribution in [0.15, 0.2) is 24.3 Å². The molecule has 2 atom stereocenters. The van der Waals surface area contributed by atoms with Crippen molar-refractivity contribution in [2.24, 2.45) is 0 Å². The minimum Gasteiger partial charge on any atom is -0.341 e. The van der Waals surface area contributed by atoms with Gasteiger partial charge in [-0.3, -0.25) is 4.79 Å². The number of carbonyl (C=O) groups excluding carboxylic acids is 1. The van der Waals surface area contributed by atoms with Crippen LogP contribution in [0, 0.1) is 0 Å². The lowest BCUT2D eigenvalue weighted by Gasteiger charge is -2.24. The van der Waals surface area contributed by atoms with Crippen molar-refractivity contribution >= 4 is 27.3 Å². The molecular weight excluding hydrogens is 324 g/mol. The van der Waals surface area contributed by atoms with Crippen molar-refractivity contribution in [3.63, 3.8) is 0 Å². The summed E-state index contributed by atoms with van der Waals surface area (Å²) in [4.78, 5) is 13.7. The molecule has 0 spiro atoms. The van der Waals surface area contributed by atoms with E-state index in [1.54, 1.807) is 11.9 Å². The summed E-state index contributed by atoms with van der Waals surface area (Å²) in [5, 5.41) is 3.83. The zero-order valence-corrected chi connectivity index (χ0v) is 14.3. The number of halogens is 1. The Labute approximate surface area is 136 Å². The molecule has 0 saturated carbocycles. The molecule has 22 heavy (non-hydrogen) atoms. The van der Waals surface area contributed by atoms with Gasteiger partial charge in [0.1, 0.15) is 0 Å². The minimum absolute atomic E-state index is 0.0157. The quantitative estimate of drug-likeness (QED) is 0.881. The van der Waals surface area contributed by atoms with Crippen molar-refractivity contribution < 1.29 is 13.2 Å². The molecule has 0 aromatic heterocycles. The lowest BCUT2D eigenvalue weighted by atomic mass is 10.1. The molecule has 1 fully saturated rings. The minimum atomic E-state index is -2.98. The first kappa shape index (κ1) is 17.2. The third-order valence-corrected chi connectivity index (χ3v) is 6.08. The number of nitrogens with one attached hydrogen (secondary N) is 1. The molecule has 0 radical (unpaired) electrons. The molecule has 2 rings (SSSR count). The molecular formula is C15H21ClN2O3S. The number of sulfone groups is 1. The highest BCUT2D eigenvalue weighted by Crippen LogP contribution is 2.18. The standard InChI is InChI=1S/C15H21ClN2O3S/c1-11(12-3-5-13(16)6-4-12)17-9-15(19)18(2)14-7-8-22(20,21)10-14/h3-6,11,14,17H,7-10H2,1-2H3/t11-,14+/m0/s1. The summed E-state index contributed by atoms with van der Waals surface area (Å²) in [5.41, 5.74) is 1.04. The van der Waals surface area contributed by atoms with Crippen molar-refractivity contribution in [3.05, 3.63) is 34.9 Å². The number of nitrogens with zero attached hydrogens (tertiary/aromatic N) is 1. The summed E-state index contributed by atoms with van der Waals surface area (Å²) in [6, 6.07) is 7.26. The Morgan fingerprint density at radius 3 is 2.59 bits per heavy atom. The van der Waals surface area contributed by atoms with Crippen LogP contribution in [-0.2, 0) is 14.6 Å². The summed E-state index contributed by atoms with van der Waals surface area (Å²) in [6.45, 7) is 2.15. The SMILES string of the molecule is C[C@H](NCC(=O)N(C)[C@@H]1CCS(=O)(=O)C1)c1ccc(Cl)cc1. The van der Waals surface area contributed by atoms with Gasteiger partial charge in [-0.05, 0) is 31.0 Å². The Bertz CT molecular complexity index is 631. The van der Waals surface area contributed by atoms with Gasteiger partial charge in [-0.2, -0.15) is 0 Å². The smallest absolute Gasteiger partial charge is 0.236 e. The monoisotopic (exact) mass is 344 g/mol. The van der Waals surface area contributed by atoms with E-state index in [0.29, 0.717) is 11.4 Å². The number of rotatable bonds is 5. The molecule has 1 heterocycles. The third kappa shape index (κ3) is 4.44. The number of amides is 1. The third-order valence-electron chi connectivity index (χ3n) is 4.08. The Hall–Kier alpha value is -1.11. The molecule has 7 heteroatoms. The van der Waals surface area contributed by atoms with Gasteiger partial charge in [-0.15, -0.1) is 0 Å². The lowest BCUT2D eigenvalue weighted by molar-refractivity contribution is -0.130. The molecule has 1 aromatic carbocycles. The highest BCUT2D eigenvalue weighted by atomic mass is 35.5. The summed E-state index contributed by atoms with van der Waals surface area (Å²) in [5.74, 6) is 0.147. The molecule has 1 amide bonds. The normalized spacial score (nSPS) is 21.5. The van der Waals surface area contributed by atoms with E-state index in [2.05, 4.69) is 5.32 Å². The van der Waals surface area contributed by atoms with E-state index in [9.17, 15) is 13.2 Å². The van der Waals surface area contributed by atoms with Crippen molar-refractivity contribution in [2.75, 3.05) is 25.1 Å². The molecule has 5 nitrogen and oxygen atoms in total. The first-order valence-corrected chi connectivity index (χ1v) is 9.43. The van der Waals surface area contributed by atoms with Crippen LogP contribution in [0.1, 0.15) is 24.9 Å². The first-order chi connectivity index (χ1) is 10.3. The summed E-state index contributed by atoms with van der Waals surface area (Å²) < 4.78 is 23.0. The van der Waals surface area contributed by atoms with Crippen LogP contribution in [0.2, 0.25) is 5.02 Å². The zero-order chi connectivity index (χ0) is 16.3. The van der Waals surface area contributed by atoms with Crippen LogP contribution in [0.4, 0.5) is 0 Å². The number of hydrogen-bond donors (Lipinski definition) is 1. The van der Waals surface area contributed by atoms with E-state index < -0.39 is 9.84 Å². The molecule has 0 unspecified atom stereocenters. The Balaban J connectivity index is 1.85. The van der Waals surface area contributed by atoms with Crippen LogP contribution in [0.25, 0.3) is 0 Å². The second kappa shape index (κ2) is 6.98. The molecule has 1 aliphatic rings.